The fraction of sp³-hybridized carbons (Fsp3) is 0.438. The highest BCUT2D eigenvalue weighted by Crippen LogP contribution is 2.18. The van der Waals surface area contributed by atoms with Crippen molar-refractivity contribution in [1.82, 2.24) is 10.2 Å². The zero-order chi connectivity index (χ0) is 13.7. The Morgan fingerprint density at radius 2 is 2.05 bits per heavy atom. The van der Waals surface area contributed by atoms with Crippen LogP contribution in [0.4, 0.5) is 0 Å². The molecule has 0 aromatic heterocycles. The van der Waals surface area contributed by atoms with Crippen molar-refractivity contribution in [2.24, 2.45) is 5.92 Å². The molecule has 1 heterocycles. The zero-order valence-electron chi connectivity index (χ0n) is 11.7. The second-order valence-electron chi connectivity index (χ2n) is 5.19. The molecular formula is C16H22N2O. The molecule has 1 N–H and O–H groups in total. The fourth-order valence-corrected chi connectivity index (χ4v) is 2.42. The summed E-state index contributed by atoms with van der Waals surface area (Å²) in [6.07, 6.45) is 2.21. The summed E-state index contributed by atoms with van der Waals surface area (Å²) < 4.78 is 0. The minimum atomic E-state index is 0.185. The molecule has 0 aliphatic carbocycles. The largest absolute Gasteiger partial charge is 0.356 e. The van der Waals surface area contributed by atoms with Gasteiger partial charge < -0.3 is 5.32 Å². The van der Waals surface area contributed by atoms with Crippen LogP contribution in [0.15, 0.2) is 35.9 Å². The van der Waals surface area contributed by atoms with Gasteiger partial charge in [0.05, 0.1) is 5.92 Å². The molecule has 0 radical (unpaired) electrons. The van der Waals surface area contributed by atoms with Gasteiger partial charge in [-0.3, -0.25) is 9.69 Å². The van der Waals surface area contributed by atoms with E-state index in [2.05, 4.69) is 35.3 Å². The van der Waals surface area contributed by atoms with E-state index in [-0.39, 0.29) is 11.8 Å². The van der Waals surface area contributed by atoms with Crippen LogP contribution in [0, 0.1) is 5.92 Å². The molecule has 19 heavy (non-hydrogen) atoms. The summed E-state index contributed by atoms with van der Waals surface area (Å²) in [5.74, 6) is 0.382. The predicted molar refractivity (Wildman–Crippen MR) is 78.7 cm³/mol. The molecule has 1 saturated heterocycles. The first-order valence-electron chi connectivity index (χ1n) is 6.91. The lowest BCUT2D eigenvalue weighted by atomic mass is 9.98. The lowest BCUT2D eigenvalue weighted by Crippen LogP contribution is -2.53. The van der Waals surface area contributed by atoms with Crippen LogP contribution in [0.5, 0.6) is 0 Å². The third-order valence-corrected chi connectivity index (χ3v) is 3.36. The number of nitrogens with one attached hydrogen (secondary N) is 1. The van der Waals surface area contributed by atoms with E-state index >= 15 is 0 Å². The third kappa shape index (κ3) is 3.93. The van der Waals surface area contributed by atoms with Crippen molar-refractivity contribution in [3.8, 4) is 0 Å². The second kappa shape index (κ2) is 6.53. The molecule has 3 heteroatoms. The highest BCUT2D eigenvalue weighted by atomic mass is 16.2. The molecule has 1 aromatic carbocycles. The number of hydrogen-bond acceptors (Lipinski definition) is 2. The van der Waals surface area contributed by atoms with Gasteiger partial charge in [-0.15, -0.1) is 0 Å². The van der Waals surface area contributed by atoms with E-state index in [0.717, 1.165) is 26.2 Å². The quantitative estimate of drug-likeness (QED) is 0.877. The summed E-state index contributed by atoms with van der Waals surface area (Å²) in [6, 6.07) is 10.3. The number of nitrogens with zero attached hydrogens (tertiary/aromatic N) is 1. The first kappa shape index (κ1) is 13.8. The summed E-state index contributed by atoms with van der Waals surface area (Å²) in [6.45, 7) is 7.54. The Morgan fingerprint density at radius 3 is 2.68 bits per heavy atom. The molecule has 3 nitrogen and oxygen atoms in total. The summed E-state index contributed by atoms with van der Waals surface area (Å²) in [5, 5.41) is 2.88. The number of benzene rings is 1. The standard InChI is InChI=1S/C16H22N2O/c1-3-17-16(19)15-11-18(12-15)10-13(2)9-14-7-5-4-6-8-14/h4-9,15H,3,10-12H2,1-2H3,(H,17,19). The Kier molecular flexibility index (Phi) is 4.74. The number of hydrogen-bond donors (Lipinski definition) is 1. The average Bonchev–Trinajstić information content (AvgIpc) is 2.34. The molecule has 1 fully saturated rings. The van der Waals surface area contributed by atoms with Gasteiger partial charge in [0.15, 0.2) is 0 Å². The van der Waals surface area contributed by atoms with Crippen molar-refractivity contribution < 1.29 is 4.79 Å². The smallest absolute Gasteiger partial charge is 0.225 e. The van der Waals surface area contributed by atoms with Crippen LogP contribution in [0.2, 0.25) is 0 Å². The number of amides is 1. The molecule has 2 rings (SSSR count). The van der Waals surface area contributed by atoms with Crippen LogP contribution in [-0.2, 0) is 4.79 Å². The molecule has 1 amide bonds. The van der Waals surface area contributed by atoms with E-state index in [0.29, 0.717) is 0 Å². The van der Waals surface area contributed by atoms with Gasteiger partial charge >= 0.3 is 0 Å². The Morgan fingerprint density at radius 1 is 1.37 bits per heavy atom. The number of likely N-dealkylation sites (tertiary alicyclic amines) is 1. The number of rotatable bonds is 5. The summed E-state index contributed by atoms with van der Waals surface area (Å²) in [7, 11) is 0. The van der Waals surface area contributed by atoms with Crippen molar-refractivity contribution in [3.63, 3.8) is 0 Å². The van der Waals surface area contributed by atoms with Crippen LogP contribution in [-0.4, -0.2) is 37.0 Å². The van der Waals surface area contributed by atoms with E-state index in [1.54, 1.807) is 0 Å². The van der Waals surface area contributed by atoms with Crippen LogP contribution in [0.3, 0.4) is 0 Å². The van der Waals surface area contributed by atoms with Gasteiger partial charge in [-0.05, 0) is 19.4 Å². The molecule has 0 unspecified atom stereocenters. The maximum absolute atomic E-state index is 11.6. The minimum Gasteiger partial charge on any atom is -0.356 e. The highest BCUT2D eigenvalue weighted by Gasteiger charge is 2.31. The molecule has 0 bridgehead atoms. The molecule has 1 aliphatic heterocycles. The summed E-state index contributed by atoms with van der Waals surface area (Å²) >= 11 is 0. The third-order valence-electron chi connectivity index (χ3n) is 3.36. The first-order valence-corrected chi connectivity index (χ1v) is 6.91. The van der Waals surface area contributed by atoms with Crippen LogP contribution in [0.1, 0.15) is 19.4 Å². The normalized spacial score (nSPS) is 17.1. The van der Waals surface area contributed by atoms with Gasteiger partial charge in [-0.25, -0.2) is 0 Å². The Balaban J connectivity index is 1.78. The van der Waals surface area contributed by atoms with Crippen molar-refractivity contribution in [2.45, 2.75) is 13.8 Å². The van der Waals surface area contributed by atoms with E-state index in [1.165, 1.54) is 11.1 Å². The van der Waals surface area contributed by atoms with E-state index in [4.69, 9.17) is 0 Å². The lowest BCUT2D eigenvalue weighted by Gasteiger charge is -2.38. The summed E-state index contributed by atoms with van der Waals surface area (Å²) in [5.41, 5.74) is 2.57. The van der Waals surface area contributed by atoms with Crippen molar-refractivity contribution in [2.75, 3.05) is 26.2 Å². The Hall–Kier alpha value is -1.61. The molecule has 1 aliphatic rings. The minimum absolute atomic E-state index is 0.185. The lowest BCUT2D eigenvalue weighted by molar-refractivity contribution is -0.129. The van der Waals surface area contributed by atoms with E-state index < -0.39 is 0 Å². The van der Waals surface area contributed by atoms with Crippen molar-refractivity contribution in [3.05, 3.63) is 41.5 Å². The maximum Gasteiger partial charge on any atom is 0.225 e. The molecule has 102 valence electrons. The van der Waals surface area contributed by atoms with E-state index in [9.17, 15) is 4.79 Å². The average molecular weight is 258 g/mol. The van der Waals surface area contributed by atoms with Crippen LogP contribution in [0.25, 0.3) is 6.08 Å². The molecule has 0 spiro atoms. The molecule has 0 saturated carbocycles. The topological polar surface area (TPSA) is 32.3 Å². The van der Waals surface area contributed by atoms with Gasteiger partial charge in [0.1, 0.15) is 0 Å². The highest BCUT2D eigenvalue weighted by molar-refractivity contribution is 5.79. The number of carbonyl (C=O) groups excluding carboxylic acids is 1. The fourth-order valence-electron chi connectivity index (χ4n) is 2.42. The SMILES string of the molecule is CCNC(=O)C1CN(CC(C)=Cc2ccccc2)C1. The molecule has 1 aromatic rings. The monoisotopic (exact) mass is 258 g/mol. The van der Waals surface area contributed by atoms with Gasteiger partial charge in [0, 0.05) is 26.2 Å². The number of carbonyl (C=O) groups is 1. The van der Waals surface area contributed by atoms with Gasteiger partial charge in [-0.1, -0.05) is 42.0 Å². The molecular weight excluding hydrogens is 236 g/mol. The van der Waals surface area contributed by atoms with Crippen LogP contribution >= 0.6 is 0 Å². The molecule has 0 atom stereocenters. The van der Waals surface area contributed by atoms with Crippen LogP contribution < -0.4 is 5.32 Å². The van der Waals surface area contributed by atoms with Crippen molar-refractivity contribution >= 4 is 12.0 Å². The van der Waals surface area contributed by atoms with E-state index in [1.807, 2.05) is 25.1 Å². The predicted octanol–water partition coefficient (Wildman–Crippen LogP) is 2.16. The maximum atomic E-state index is 11.6. The van der Waals surface area contributed by atoms with Gasteiger partial charge in [0.25, 0.3) is 0 Å². The van der Waals surface area contributed by atoms with Gasteiger partial charge in [-0.2, -0.15) is 0 Å². The first-order chi connectivity index (χ1) is 9.19. The Labute approximate surface area is 115 Å². The summed E-state index contributed by atoms with van der Waals surface area (Å²) in [4.78, 5) is 13.9. The zero-order valence-corrected chi connectivity index (χ0v) is 11.7. The second-order valence-corrected chi connectivity index (χ2v) is 5.19. The van der Waals surface area contributed by atoms with Crippen molar-refractivity contribution in [1.29, 1.82) is 0 Å². The Bertz CT molecular complexity index is 447. The van der Waals surface area contributed by atoms with Gasteiger partial charge in [0.2, 0.25) is 5.91 Å².